The fraction of sp³-hybridized carbons (Fsp3) is 0.348. The summed E-state index contributed by atoms with van der Waals surface area (Å²) in [5.41, 5.74) is 2.12. The molecule has 6 nitrogen and oxygen atoms in total. The van der Waals surface area contributed by atoms with E-state index in [4.69, 9.17) is 20.0 Å². The van der Waals surface area contributed by atoms with Crippen LogP contribution in [0.25, 0.3) is 0 Å². The second-order valence-electron chi connectivity index (χ2n) is 6.55. The molecular weight excluding hydrogens is 366 g/mol. The molecule has 2 aromatic rings. The van der Waals surface area contributed by atoms with E-state index in [0.717, 1.165) is 12.0 Å². The average Bonchev–Trinajstić information content (AvgIpc) is 2.76. The van der Waals surface area contributed by atoms with Gasteiger partial charge in [-0.15, -0.1) is 0 Å². The maximum atomic E-state index is 12.6. The number of carbonyl (C=O) groups excluding carboxylic acids is 1. The lowest BCUT2D eigenvalue weighted by molar-refractivity contribution is -0.132. The SMILES string of the molecule is CCCN(Cc1ccc(C#N)cc1)C(=O)CCCOc1ccc(C#N)cc1OC. The Bertz CT molecular complexity index is 895. The summed E-state index contributed by atoms with van der Waals surface area (Å²) in [5, 5.41) is 17.8. The van der Waals surface area contributed by atoms with Crippen LogP contribution in [0.1, 0.15) is 42.9 Å². The summed E-state index contributed by atoms with van der Waals surface area (Å²) in [6.07, 6.45) is 1.84. The molecule has 0 bridgehead atoms. The van der Waals surface area contributed by atoms with Crippen molar-refractivity contribution >= 4 is 5.91 Å². The Labute approximate surface area is 171 Å². The van der Waals surface area contributed by atoms with E-state index in [1.165, 1.54) is 7.11 Å². The van der Waals surface area contributed by atoms with Gasteiger partial charge >= 0.3 is 0 Å². The minimum absolute atomic E-state index is 0.0756. The lowest BCUT2D eigenvalue weighted by atomic mass is 10.1. The van der Waals surface area contributed by atoms with Crippen LogP contribution in [0.2, 0.25) is 0 Å². The van der Waals surface area contributed by atoms with Gasteiger partial charge in [0, 0.05) is 25.6 Å². The van der Waals surface area contributed by atoms with Gasteiger partial charge in [-0.05, 0) is 42.7 Å². The van der Waals surface area contributed by atoms with Gasteiger partial charge < -0.3 is 14.4 Å². The number of ether oxygens (including phenoxy) is 2. The average molecular weight is 391 g/mol. The van der Waals surface area contributed by atoms with Crippen LogP contribution in [0.3, 0.4) is 0 Å². The molecule has 0 saturated carbocycles. The normalized spacial score (nSPS) is 9.93. The zero-order valence-electron chi connectivity index (χ0n) is 16.9. The highest BCUT2D eigenvalue weighted by Crippen LogP contribution is 2.28. The molecule has 2 rings (SSSR count). The first-order chi connectivity index (χ1) is 14.1. The summed E-state index contributed by atoms with van der Waals surface area (Å²) >= 11 is 0. The van der Waals surface area contributed by atoms with Crippen molar-refractivity contribution in [2.24, 2.45) is 0 Å². The number of hydrogen-bond donors (Lipinski definition) is 0. The molecule has 29 heavy (non-hydrogen) atoms. The Morgan fingerprint density at radius 3 is 2.34 bits per heavy atom. The van der Waals surface area contributed by atoms with Crippen LogP contribution in [0.4, 0.5) is 0 Å². The van der Waals surface area contributed by atoms with E-state index >= 15 is 0 Å². The van der Waals surface area contributed by atoms with E-state index in [0.29, 0.717) is 55.2 Å². The van der Waals surface area contributed by atoms with Gasteiger partial charge in [-0.1, -0.05) is 19.1 Å². The molecule has 0 N–H and O–H groups in total. The summed E-state index contributed by atoms with van der Waals surface area (Å²) in [5.74, 6) is 1.14. The van der Waals surface area contributed by atoms with Gasteiger partial charge in [0.15, 0.2) is 11.5 Å². The maximum absolute atomic E-state index is 12.6. The standard InChI is InChI=1S/C23H25N3O3/c1-3-12-26(17-19-8-6-18(15-24)7-9-19)23(27)5-4-13-29-21-11-10-20(16-25)14-22(21)28-2/h6-11,14H,3-5,12-13,17H2,1-2H3. The molecule has 0 aliphatic carbocycles. The highest BCUT2D eigenvalue weighted by molar-refractivity contribution is 5.76. The molecule has 0 atom stereocenters. The van der Waals surface area contributed by atoms with Crippen molar-refractivity contribution in [3.05, 3.63) is 59.2 Å². The van der Waals surface area contributed by atoms with Crippen molar-refractivity contribution in [3.8, 4) is 23.6 Å². The van der Waals surface area contributed by atoms with E-state index in [-0.39, 0.29) is 5.91 Å². The van der Waals surface area contributed by atoms with Crippen molar-refractivity contribution < 1.29 is 14.3 Å². The second kappa shape index (κ2) is 11.4. The quantitative estimate of drug-likeness (QED) is 0.571. The number of nitriles is 2. The lowest BCUT2D eigenvalue weighted by Crippen LogP contribution is -2.31. The van der Waals surface area contributed by atoms with Crippen molar-refractivity contribution in [2.45, 2.75) is 32.7 Å². The number of hydrogen-bond acceptors (Lipinski definition) is 5. The zero-order chi connectivity index (χ0) is 21.1. The molecule has 0 aliphatic heterocycles. The molecule has 0 radical (unpaired) electrons. The van der Waals surface area contributed by atoms with Crippen molar-refractivity contribution in [2.75, 3.05) is 20.3 Å². The van der Waals surface area contributed by atoms with Crippen LogP contribution in [-0.4, -0.2) is 31.1 Å². The minimum Gasteiger partial charge on any atom is -0.493 e. The number of nitrogens with zero attached hydrogens (tertiary/aromatic N) is 3. The van der Waals surface area contributed by atoms with Gasteiger partial charge in [0.05, 0.1) is 37.0 Å². The molecule has 0 spiro atoms. The van der Waals surface area contributed by atoms with Crippen LogP contribution in [0, 0.1) is 22.7 Å². The van der Waals surface area contributed by atoms with Crippen LogP contribution in [-0.2, 0) is 11.3 Å². The summed E-state index contributed by atoms with van der Waals surface area (Å²) < 4.78 is 11.0. The largest absolute Gasteiger partial charge is 0.493 e. The van der Waals surface area contributed by atoms with Gasteiger partial charge in [0.2, 0.25) is 5.91 Å². The van der Waals surface area contributed by atoms with E-state index in [9.17, 15) is 4.79 Å². The van der Waals surface area contributed by atoms with E-state index in [1.807, 2.05) is 24.0 Å². The first-order valence-corrected chi connectivity index (χ1v) is 9.59. The molecule has 0 heterocycles. The van der Waals surface area contributed by atoms with Crippen molar-refractivity contribution in [3.63, 3.8) is 0 Å². The highest BCUT2D eigenvalue weighted by Gasteiger charge is 2.13. The van der Waals surface area contributed by atoms with Gasteiger partial charge in [0.25, 0.3) is 0 Å². The molecule has 0 saturated heterocycles. The third kappa shape index (κ3) is 6.55. The molecule has 0 aromatic heterocycles. The number of amides is 1. The second-order valence-corrected chi connectivity index (χ2v) is 6.55. The molecule has 150 valence electrons. The van der Waals surface area contributed by atoms with E-state index < -0.39 is 0 Å². The fourth-order valence-electron chi connectivity index (χ4n) is 2.89. The number of carbonyl (C=O) groups is 1. The topological polar surface area (TPSA) is 86.4 Å². The summed E-state index contributed by atoms with van der Waals surface area (Å²) in [4.78, 5) is 14.5. The lowest BCUT2D eigenvalue weighted by Gasteiger charge is -2.22. The molecule has 6 heteroatoms. The molecule has 0 fully saturated rings. The first kappa shape index (κ1) is 21.8. The third-order valence-corrected chi connectivity index (χ3v) is 4.39. The monoisotopic (exact) mass is 391 g/mol. The Kier molecular flexibility index (Phi) is 8.53. The number of rotatable bonds is 10. The third-order valence-electron chi connectivity index (χ3n) is 4.39. The first-order valence-electron chi connectivity index (χ1n) is 9.59. The number of benzene rings is 2. The van der Waals surface area contributed by atoms with Crippen LogP contribution >= 0.6 is 0 Å². The Balaban J connectivity index is 1.87. The van der Waals surface area contributed by atoms with Gasteiger partial charge in [-0.2, -0.15) is 10.5 Å². The Morgan fingerprint density at radius 2 is 1.72 bits per heavy atom. The van der Waals surface area contributed by atoms with Crippen molar-refractivity contribution in [1.29, 1.82) is 10.5 Å². The zero-order valence-corrected chi connectivity index (χ0v) is 16.9. The van der Waals surface area contributed by atoms with Crippen LogP contribution in [0.5, 0.6) is 11.5 Å². The smallest absolute Gasteiger partial charge is 0.222 e. The van der Waals surface area contributed by atoms with Gasteiger partial charge in [0.1, 0.15) is 0 Å². The van der Waals surface area contributed by atoms with Crippen LogP contribution in [0.15, 0.2) is 42.5 Å². The minimum atomic E-state index is 0.0756. The van der Waals surface area contributed by atoms with Crippen molar-refractivity contribution in [1.82, 2.24) is 4.90 Å². The highest BCUT2D eigenvalue weighted by atomic mass is 16.5. The van der Waals surface area contributed by atoms with Crippen LogP contribution < -0.4 is 9.47 Å². The Morgan fingerprint density at radius 1 is 1.03 bits per heavy atom. The summed E-state index contributed by atoms with van der Waals surface area (Å²) in [6, 6.07) is 16.5. The molecular formula is C23H25N3O3. The summed E-state index contributed by atoms with van der Waals surface area (Å²) in [7, 11) is 1.53. The number of methoxy groups -OCH3 is 1. The maximum Gasteiger partial charge on any atom is 0.222 e. The van der Waals surface area contributed by atoms with E-state index in [2.05, 4.69) is 12.1 Å². The predicted molar refractivity (Wildman–Crippen MR) is 109 cm³/mol. The van der Waals surface area contributed by atoms with Gasteiger partial charge in [-0.25, -0.2) is 0 Å². The molecule has 1 amide bonds. The fourth-order valence-corrected chi connectivity index (χ4v) is 2.89. The molecule has 2 aromatic carbocycles. The molecule has 0 aliphatic rings. The van der Waals surface area contributed by atoms with E-state index in [1.54, 1.807) is 30.3 Å². The molecule has 0 unspecified atom stereocenters. The van der Waals surface area contributed by atoms with Gasteiger partial charge in [-0.3, -0.25) is 4.79 Å². The Hall–Kier alpha value is -3.51. The predicted octanol–water partition coefficient (Wildman–Crippen LogP) is 4.04. The summed E-state index contributed by atoms with van der Waals surface area (Å²) in [6.45, 7) is 3.63.